The maximum atomic E-state index is 13.1. The van der Waals surface area contributed by atoms with Gasteiger partial charge < -0.3 is 24.2 Å². The molecule has 1 aromatic carbocycles. The first-order valence-electron chi connectivity index (χ1n) is 10.3. The fraction of sp³-hybridized carbons (Fsp3) is 0.348. The first kappa shape index (κ1) is 19.6. The molecule has 160 valence electrons. The number of aromatic nitrogens is 1. The quantitative estimate of drug-likeness (QED) is 0.459. The number of ether oxygens (including phenoxy) is 3. The summed E-state index contributed by atoms with van der Waals surface area (Å²) in [7, 11) is 0. The van der Waals surface area contributed by atoms with E-state index in [0.29, 0.717) is 42.4 Å². The van der Waals surface area contributed by atoms with E-state index in [-0.39, 0.29) is 24.0 Å². The second kappa shape index (κ2) is 8.03. The molecule has 1 aromatic heterocycles. The summed E-state index contributed by atoms with van der Waals surface area (Å²) < 4.78 is 16.8. The number of carbonyl (C=O) groups is 2. The van der Waals surface area contributed by atoms with E-state index in [0.717, 1.165) is 12.8 Å². The lowest BCUT2D eigenvalue weighted by Crippen LogP contribution is -2.36. The van der Waals surface area contributed by atoms with Crippen molar-refractivity contribution in [3.63, 3.8) is 0 Å². The van der Waals surface area contributed by atoms with E-state index >= 15 is 0 Å². The van der Waals surface area contributed by atoms with Crippen LogP contribution in [0.4, 0.5) is 0 Å². The number of benzene rings is 1. The molecule has 3 aliphatic rings. The summed E-state index contributed by atoms with van der Waals surface area (Å²) in [6.07, 6.45) is 4.84. The Morgan fingerprint density at radius 1 is 1.13 bits per heavy atom. The van der Waals surface area contributed by atoms with E-state index in [2.05, 4.69) is 4.98 Å². The Labute approximate surface area is 179 Å². The highest BCUT2D eigenvalue weighted by atomic mass is 16.6. The van der Waals surface area contributed by atoms with Crippen molar-refractivity contribution in [1.82, 2.24) is 9.88 Å². The van der Waals surface area contributed by atoms with Crippen LogP contribution in [0.25, 0.3) is 5.76 Å². The molecule has 31 heavy (non-hydrogen) atoms. The highest BCUT2D eigenvalue weighted by Gasteiger charge is 2.47. The molecule has 5 rings (SSSR count). The number of amides is 1. The Bertz CT molecular complexity index is 1050. The number of aliphatic hydroxyl groups is 1. The average Bonchev–Trinajstić information content (AvgIpc) is 3.41. The van der Waals surface area contributed by atoms with Crippen LogP contribution in [0, 0.1) is 0 Å². The molecular weight excluding hydrogens is 400 g/mol. The van der Waals surface area contributed by atoms with Crippen LogP contribution in [0.3, 0.4) is 0 Å². The summed E-state index contributed by atoms with van der Waals surface area (Å²) in [5.74, 6) is -0.561. The van der Waals surface area contributed by atoms with Gasteiger partial charge in [-0.25, -0.2) is 0 Å². The predicted octanol–water partition coefficient (Wildman–Crippen LogP) is 2.45. The Hall–Kier alpha value is -3.39. The lowest BCUT2D eigenvalue weighted by molar-refractivity contribution is -0.140. The average molecular weight is 422 g/mol. The van der Waals surface area contributed by atoms with Crippen molar-refractivity contribution in [2.45, 2.75) is 25.0 Å². The van der Waals surface area contributed by atoms with Gasteiger partial charge in [0.2, 0.25) is 0 Å². The van der Waals surface area contributed by atoms with Crippen LogP contribution in [0.2, 0.25) is 0 Å². The number of Topliss-reactive ketones (excluding diaryl/α,β-unsaturated/α-hetero) is 1. The molecule has 0 aliphatic carbocycles. The van der Waals surface area contributed by atoms with Crippen molar-refractivity contribution in [3.05, 3.63) is 59.4 Å². The zero-order chi connectivity index (χ0) is 21.4. The summed E-state index contributed by atoms with van der Waals surface area (Å²) >= 11 is 0. The largest absolute Gasteiger partial charge is 0.507 e. The molecule has 0 radical (unpaired) electrons. The Morgan fingerprint density at radius 2 is 1.97 bits per heavy atom. The van der Waals surface area contributed by atoms with Crippen molar-refractivity contribution in [2.75, 3.05) is 26.4 Å². The van der Waals surface area contributed by atoms with Crippen LogP contribution in [-0.4, -0.2) is 59.2 Å². The number of carbonyl (C=O) groups excluding carboxylic acids is 2. The van der Waals surface area contributed by atoms with E-state index in [1.54, 1.807) is 42.7 Å². The van der Waals surface area contributed by atoms with E-state index in [9.17, 15) is 14.7 Å². The van der Waals surface area contributed by atoms with Gasteiger partial charge in [-0.15, -0.1) is 0 Å². The second-order valence-electron chi connectivity index (χ2n) is 7.73. The summed E-state index contributed by atoms with van der Waals surface area (Å²) in [5, 5.41) is 11.2. The van der Waals surface area contributed by atoms with Crippen LogP contribution in [0.5, 0.6) is 11.5 Å². The Morgan fingerprint density at radius 3 is 2.71 bits per heavy atom. The zero-order valence-corrected chi connectivity index (χ0v) is 16.8. The minimum atomic E-state index is -0.744. The van der Waals surface area contributed by atoms with Crippen molar-refractivity contribution in [3.8, 4) is 11.5 Å². The topological polar surface area (TPSA) is 98.2 Å². The third-order valence-electron chi connectivity index (χ3n) is 5.78. The van der Waals surface area contributed by atoms with E-state index < -0.39 is 17.7 Å². The molecule has 2 aromatic rings. The van der Waals surface area contributed by atoms with Gasteiger partial charge in [-0.1, -0.05) is 6.07 Å². The normalized spacial score (nSPS) is 24.6. The summed E-state index contributed by atoms with van der Waals surface area (Å²) in [5.41, 5.74) is 1.07. The van der Waals surface area contributed by atoms with Gasteiger partial charge in [0.1, 0.15) is 19.0 Å². The summed E-state index contributed by atoms with van der Waals surface area (Å²) in [4.78, 5) is 31.7. The Kier molecular flexibility index (Phi) is 5.07. The molecule has 0 spiro atoms. The van der Waals surface area contributed by atoms with Gasteiger partial charge in [0.15, 0.2) is 11.5 Å². The fourth-order valence-electron chi connectivity index (χ4n) is 4.31. The first-order chi connectivity index (χ1) is 15.1. The molecule has 2 fully saturated rings. The van der Waals surface area contributed by atoms with Gasteiger partial charge in [0.05, 0.1) is 17.7 Å². The summed E-state index contributed by atoms with van der Waals surface area (Å²) in [6, 6.07) is 7.75. The first-order valence-corrected chi connectivity index (χ1v) is 10.3. The van der Waals surface area contributed by atoms with Crippen molar-refractivity contribution < 1.29 is 28.9 Å². The molecule has 1 N–H and O–H groups in total. The second-order valence-corrected chi connectivity index (χ2v) is 7.73. The van der Waals surface area contributed by atoms with E-state index in [4.69, 9.17) is 14.2 Å². The molecule has 0 saturated carbocycles. The third kappa shape index (κ3) is 3.53. The molecule has 3 aliphatic heterocycles. The van der Waals surface area contributed by atoms with Crippen LogP contribution in [-0.2, 0) is 14.3 Å². The van der Waals surface area contributed by atoms with Crippen LogP contribution < -0.4 is 9.47 Å². The third-order valence-corrected chi connectivity index (χ3v) is 5.78. The van der Waals surface area contributed by atoms with Gasteiger partial charge in [0.25, 0.3) is 11.7 Å². The zero-order valence-electron chi connectivity index (χ0n) is 16.8. The van der Waals surface area contributed by atoms with Crippen molar-refractivity contribution >= 4 is 17.4 Å². The van der Waals surface area contributed by atoms with E-state index in [1.165, 1.54) is 4.90 Å². The predicted molar refractivity (Wildman–Crippen MR) is 110 cm³/mol. The van der Waals surface area contributed by atoms with Gasteiger partial charge in [-0.05, 0) is 42.7 Å². The number of aliphatic hydroxyl groups excluding tert-OH is 1. The number of fused-ring (bicyclic) bond motifs is 1. The number of likely N-dealkylation sites (tertiary alicyclic amines) is 1. The lowest BCUT2D eigenvalue weighted by Gasteiger charge is -2.27. The molecule has 8 heteroatoms. The number of rotatable bonds is 4. The summed E-state index contributed by atoms with van der Waals surface area (Å²) in [6.45, 7) is 1.78. The molecule has 0 bridgehead atoms. The van der Waals surface area contributed by atoms with Gasteiger partial charge in [-0.2, -0.15) is 0 Å². The molecule has 2 atom stereocenters. The van der Waals surface area contributed by atoms with Gasteiger partial charge in [-0.3, -0.25) is 14.6 Å². The number of ketones is 1. The highest BCUT2D eigenvalue weighted by Crippen LogP contribution is 2.41. The molecule has 2 unspecified atom stereocenters. The molecule has 4 heterocycles. The maximum absolute atomic E-state index is 13.1. The number of pyridine rings is 1. The number of nitrogens with zero attached hydrogens (tertiary/aromatic N) is 2. The molecular formula is C23H22N2O6. The minimum Gasteiger partial charge on any atom is -0.507 e. The van der Waals surface area contributed by atoms with Crippen LogP contribution in [0.1, 0.15) is 30.0 Å². The highest BCUT2D eigenvalue weighted by molar-refractivity contribution is 6.46. The molecule has 2 saturated heterocycles. The van der Waals surface area contributed by atoms with Gasteiger partial charge in [0, 0.05) is 31.1 Å². The fourth-order valence-corrected chi connectivity index (χ4v) is 4.31. The van der Waals surface area contributed by atoms with E-state index in [1.807, 2.05) is 0 Å². The molecule has 8 nitrogen and oxygen atoms in total. The minimum absolute atomic E-state index is 0.0349. The maximum Gasteiger partial charge on any atom is 0.295 e. The standard InChI is InChI=1S/C23H22N2O6/c26-21(14-5-6-17-18(11-14)31-10-9-30-17)19-20(15-3-1-7-24-12-15)25(23(28)22(19)27)13-16-4-2-8-29-16/h1,3,5-7,11-12,16,20,26H,2,4,8-10,13H2/b21-19+. The molecule has 1 amide bonds. The lowest BCUT2D eigenvalue weighted by atomic mass is 9.96. The van der Waals surface area contributed by atoms with Gasteiger partial charge >= 0.3 is 0 Å². The number of hydrogen-bond donors (Lipinski definition) is 1. The van der Waals surface area contributed by atoms with Crippen LogP contribution in [0.15, 0.2) is 48.3 Å². The smallest absolute Gasteiger partial charge is 0.295 e. The van der Waals surface area contributed by atoms with Crippen LogP contribution >= 0.6 is 0 Å². The monoisotopic (exact) mass is 422 g/mol. The SMILES string of the molecule is O=C1C(=O)N(CC2CCCO2)C(c2cccnc2)/C1=C(\O)c1ccc2c(c1)OCCO2. The number of hydrogen-bond acceptors (Lipinski definition) is 7. The van der Waals surface area contributed by atoms with Crippen molar-refractivity contribution in [1.29, 1.82) is 0 Å². The Balaban J connectivity index is 1.59. The van der Waals surface area contributed by atoms with Crippen molar-refractivity contribution in [2.24, 2.45) is 0 Å².